The van der Waals surface area contributed by atoms with E-state index < -0.39 is 0 Å². The van der Waals surface area contributed by atoms with Crippen molar-refractivity contribution in [1.82, 2.24) is 0 Å². The molecule has 0 aliphatic rings. The first kappa shape index (κ1) is 13.7. The SMILES string of the molecule is CC(=O)c1cc(F)c(C)cc1OC(C)C(C)C. The lowest BCUT2D eigenvalue weighted by atomic mass is 10.1. The van der Waals surface area contributed by atoms with E-state index in [1.165, 1.54) is 13.0 Å². The normalized spacial score (nSPS) is 12.6. The topological polar surface area (TPSA) is 26.3 Å². The first-order chi connectivity index (χ1) is 7.82. The first-order valence-electron chi connectivity index (χ1n) is 5.80. The molecule has 0 fully saturated rings. The van der Waals surface area contributed by atoms with Crippen LogP contribution in [-0.2, 0) is 0 Å². The van der Waals surface area contributed by atoms with Gasteiger partial charge in [0.15, 0.2) is 5.78 Å². The Kier molecular flexibility index (Phi) is 4.27. The van der Waals surface area contributed by atoms with Crippen molar-refractivity contribution < 1.29 is 13.9 Å². The third-order valence-corrected chi connectivity index (χ3v) is 2.89. The van der Waals surface area contributed by atoms with Gasteiger partial charge in [0, 0.05) is 0 Å². The average molecular weight is 238 g/mol. The summed E-state index contributed by atoms with van der Waals surface area (Å²) in [5.41, 5.74) is 0.793. The second kappa shape index (κ2) is 5.30. The zero-order valence-corrected chi connectivity index (χ0v) is 11.0. The van der Waals surface area contributed by atoms with Gasteiger partial charge in [-0.15, -0.1) is 0 Å². The zero-order chi connectivity index (χ0) is 13.2. The summed E-state index contributed by atoms with van der Waals surface area (Å²) in [6.07, 6.45) is -0.0158. The fourth-order valence-corrected chi connectivity index (χ4v) is 1.36. The molecule has 1 atom stereocenters. The fourth-order valence-electron chi connectivity index (χ4n) is 1.36. The monoisotopic (exact) mass is 238 g/mol. The Labute approximate surface area is 102 Å². The van der Waals surface area contributed by atoms with Crippen LogP contribution >= 0.6 is 0 Å². The number of hydrogen-bond acceptors (Lipinski definition) is 2. The van der Waals surface area contributed by atoms with Gasteiger partial charge in [0.1, 0.15) is 11.6 Å². The molecule has 1 unspecified atom stereocenters. The standard InChI is InChI=1S/C14H19FO2/c1-8(2)11(5)17-14-6-9(3)13(15)7-12(14)10(4)16/h6-8,11H,1-5H3. The molecular formula is C14H19FO2. The van der Waals surface area contributed by atoms with Crippen LogP contribution in [0.4, 0.5) is 4.39 Å². The average Bonchev–Trinajstić information content (AvgIpc) is 2.22. The summed E-state index contributed by atoms with van der Waals surface area (Å²) < 4.78 is 19.1. The number of rotatable bonds is 4. The van der Waals surface area contributed by atoms with Crippen molar-refractivity contribution in [1.29, 1.82) is 0 Å². The highest BCUT2D eigenvalue weighted by molar-refractivity contribution is 5.96. The summed E-state index contributed by atoms with van der Waals surface area (Å²) in [5.74, 6) is 0.243. The Bertz CT molecular complexity index is 424. The van der Waals surface area contributed by atoms with E-state index in [1.807, 2.05) is 20.8 Å². The third kappa shape index (κ3) is 3.29. The number of Topliss-reactive ketones (excluding diaryl/α,β-unsaturated/α-hetero) is 1. The molecule has 2 nitrogen and oxygen atoms in total. The van der Waals surface area contributed by atoms with Gasteiger partial charge in [0.2, 0.25) is 0 Å². The van der Waals surface area contributed by atoms with Crippen LogP contribution in [0.1, 0.15) is 43.6 Å². The van der Waals surface area contributed by atoms with Gasteiger partial charge in [-0.3, -0.25) is 4.79 Å². The first-order valence-corrected chi connectivity index (χ1v) is 5.80. The summed E-state index contributed by atoms with van der Waals surface area (Å²) >= 11 is 0. The number of carbonyl (C=O) groups excluding carboxylic acids is 1. The maximum atomic E-state index is 13.4. The lowest BCUT2D eigenvalue weighted by molar-refractivity contribution is 0.100. The molecule has 0 spiro atoms. The van der Waals surface area contributed by atoms with Crippen LogP contribution in [0.3, 0.4) is 0 Å². The third-order valence-electron chi connectivity index (χ3n) is 2.89. The second-order valence-corrected chi connectivity index (χ2v) is 4.72. The molecule has 1 aromatic rings. The number of hydrogen-bond donors (Lipinski definition) is 0. The van der Waals surface area contributed by atoms with Crippen LogP contribution in [0, 0.1) is 18.7 Å². The smallest absolute Gasteiger partial charge is 0.163 e. The lowest BCUT2D eigenvalue weighted by Crippen LogP contribution is -2.20. The van der Waals surface area contributed by atoms with Crippen LogP contribution in [-0.4, -0.2) is 11.9 Å². The van der Waals surface area contributed by atoms with E-state index in [4.69, 9.17) is 4.74 Å². The molecule has 0 bridgehead atoms. The van der Waals surface area contributed by atoms with Gasteiger partial charge in [-0.05, 0) is 44.4 Å². The summed E-state index contributed by atoms with van der Waals surface area (Å²) in [4.78, 5) is 11.4. The van der Waals surface area contributed by atoms with Crippen molar-refractivity contribution in [3.05, 3.63) is 29.1 Å². The quantitative estimate of drug-likeness (QED) is 0.746. The second-order valence-electron chi connectivity index (χ2n) is 4.72. The molecule has 17 heavy (non-hydrogen) atoms. The van der Waals surface area contributed by atoms with Crippen molar-refractivity contribution in [2.24, 2.45) is 5.92 Å². The number of ether oxygens (including phenoxy) is 1. The predicted octanol–water partition coefficient (Wildman–Crippen LogP) is 3.76. The Balaban J connectivity index is 3.13. The van der Waals surface area contributed by atoms with Gasteiger partial charge in [0.25, 0.3) is 0 Å². The number of ketones is 1. The van der Waals surface area contributed by atoms with Gasteiger partial charge < -0.3 is 4.74 Å². The van der Waals surface area contributed by atoms with E-state index in [-0.39, 0.29) is 17.7 Å². The molecule has 0 aliphatic heterocycles. The van der Waals surface area contributed by atoms with E-state index >= 15 is 0 Å². The van der Waals surface area contributed by atoms with Crippen molar-refractivity contribution in [3.63, 3.8) is 0 Å². The van der Waals surface area contributed by atoms with Crippen LogP contribution in [0.25, 0.3) is 0 Å². The molecule has 0 aliphatic carbocycles. The highest BCUT2D eigenvalue weighted by atomic mass is 19.1. The molecular weight excluding hydrogens is 219 g/mol. The van der Waals surface area contributed by atoms with Gasteiger partial charge in [-0.25, -0.2) is 4.39 Å². The van der Waals surface area contributed by atoms with E-state index in [1.54, 1.807) is 13.0 Å². The highest BCUT2D eigenvalue weighted by Crippen LogP contribution is 2.25. The maximum absolute atomic E-state index is 13.4. The Morgan fingerprint density at radius 1 is 1.29 bits per heavy atom. The number of benzene rings is 1. The van der Waals surface area contributed by atoms with Gasteiger partial charge >= 0.3 is 0 Å². The predicted molar refractivity (Wildman–Crippen MR) is 66.1 cm³/mol. The fraction of sp³-hybridized carbons (Fsp3) is 0.500. The van der Waals surface area contributed by atoms with Crippen molar-refractivity contribution in [2.75, 3.05) is 0 Å². The molecule has 0 saturated carbocycles. The Morgan fingerprint density at radius 2 is 1.88 bits per heavy atom. The molecule has 3 heteroatoms. The summed E-state index contributed by atoms with van der Waals surface area (Å²) in [6.45, 7) is 9.08. The van der Waals surface area contributed by atoms with Gasteiger partial charge in [0.05, 0.1) is 11.7 Å². The van der Waals surface area contributed by atoms with Crippen molar-refractivity contribution >= 4 is 5.78 Å². The molecule has 0 radical (unpaired) electrons. The van der Waals surface area contributed by atoms with Crippen LogP contribution < -0.4 is 4.74 Å². The van der Waals surface area contributed by atoms with E-state index in [2.05, 4.69) is 0 Å². The van der Waals surface area contributed by atoms with Crippen molar-refractivity contribution in [3.8, 4) is 5.75 Å². The molecule has 94 valence electrons. The van der Waals surface area contributed by atoms with E-state index in [9.17, 15) is 9.18 Å². The minimum absolute atomic E-state index is 0.0158. The summed E-state index contributed by atoms with van der Waals surface area (Å²) in [7, 11) is 0. The molecule has 1 rings (SSSR count). The zero-order valence-electron chi connectivity index (χ0n) is 11.0. The van der Waals surface area contributed by atoms with E-state index in [0.717, 1.165) is 0 Å². The largest absolute Gasteiger partial charge is 0.490 e. The van der Waals surface area contributed by atoms with E-state index in [0.29, 0.717) is 22.8 Å². The maximum Gasteiger partial charge on any atom is 0.163 e. The molecule has 0 amide bonds. The minimum Gasteiger partial charge on any atom is -0.490 e. The number of halogens is 1. The summed E-state index contributed by atoms with van der Waals surface area (Å²) in [6, 6.07) is 2.84. The van der Waals surface area contributed by atoms with Crippen LogP contribution in [0.15, 0.2) is 12.1 Å². The van der Waals surface area contributed by atoms with Gasteiger partial charge in [-0.2, -0.15) is 0 Å². The van der Waals surface area contributed by atoms with Crippen LogP contribution in [0.5, 0.6) is 5.75 Å². The molecule has 0 saturated heterocycles. The Hall–Kier alpha value is -1.38. The Morgan fingerprint density at radius 3 is 2.35 bits per heavy atom. The minimum atomic E-state index is -0.375. The number of carbonyl (C=O) groups is 1. The number of aryl methyl sites for hydroxylation is 1. The molecule has 1 aromatic carbocycles. The van der Waals surface area contributed by atoms with Gasteiger partial charge in [-0.1, -0.05) is 13.8 Å². The molecule has 0 aromatic heterocycles. The molecule has 0 heterocycles. The van der Waals surface area contributed by atoms with Crippen molar-refractivity contribution in [2.45, 2.75) is 40.7 Å². The summed E-state index contributed by atoms with van der Waals surface area (Å²) in [5, 5.41) is 0. The lowest BCUT2D eigenvalue weighted by Gasteiger charge is -2.20. The van der Waals surface area contributed by atoms with Crippen LogP contribution in [0.2, 0.25) is 0 Å². The highest BCUT2D eigenvalue weighted by Gasteiger charge is 2.16. The molecule has 0 N–H and O–H groups in total.